The summed E-state index contributed by atoms with van der Waals surface area (Å²) in [6.07, 6.45) is 1.43. The molecule has 0 saturated heterocycles. The zero-order valence-corrected chi connectivity index (χ0v) is 18.8. The van der Waals surface area contributed by atoms with E-state index < -0.39 is 5.91 Å². The fourth-order valence-corrected chi connectivity index (χ4v) is 4.11. The monoisotopic (exact) mass is 486 g/mol. The number of aryl methyl sites for hydroxylation is 2. The number of amides is 1. The lowest BCUT2D eigenvalue weighted by molar-refractivity contribution is -0.112. The van der Waals surface area contributed by atoms with Crippen LogP contribution in [0.2, 0.25) is 5.02 Å². The van der Waals surface area contributed by atoms with Crippen molar-refractivity contribution in [1.29, 1.82) is 5.26 Å². The van der Waals surface area contributed by atoms with Crippen LogP contribution in [0, 0.1) is 25.2 Å². The molecule has 0 aliphatic heterocycles. The van der Waals surface area contributed by atoms with E-state index in [0.717, 1.165) is 20.5 Å². The van der Waals surface area contributed by atoms with Crippen molar-refractivity contribution in [1.82, 2.24) is 0 Å². The number of anilines is 1. The molecule has 0 bridgehead atoms. The third-order valence-electron chi connectivity index (χ3n) is 3.83. The van der Waals surface area contributed by atoms with Crippen molar-refractivity contribution >= 4 is 57.0 Å². The van der Waals surface area contributed by atoms with Crippen molar-refractivity contribution in [3.63, 3.8) is 0 Å². The summed E-state index contributed by atoms with van der Waals surface area (Å²) in [5, 5.41) is 13.5. The van der Waals surface area contributed by atoms with E-state index in [4.69, 9.17) is 16.0 Å². The number of nitriles is 1. The van der Waals surface area contributed by atoms with Crippen LogP contribution < -0.4 is 5.32 Å². The van der Waals surface area contributed by atoms with Crippen LogP contribution in [-0.2, 0) is 4.79 Å². The van der Waals surface area contributed by atoms with Gasteiger partial charge in [-0.3, -0.25) is 4.79 Å². The van der Waals surface area contributed by atoms with Crippen LogP contribution in [0.4, 0.5) is 5.69 Å². The molecule has 3 aromatic rings. The predicted octanol–water partition coefficient (Wildman–Crippen LogP) is 7.01. The number of carbonyl (C=O) groups excluding carboxylic acids is 1. The van der Waals surface area contributed by atoms with Crippen molar-refractivity contribution in [2.45, 2.75) is 23.8 Å². The van der Waals surface area contributed by atoms with E-state index in [1.165, 1.54) is 17.8 Å². The van der Waals surface area contributed by atoms with Crippen LogP contribution in [0.5, 0.6) is 0 Å². The molecule has 0 aliphatic carbocycles. The van der Waals surface area contributed by atoms with E-state index in [1.807, 2.05) is 50.2 Å². The van der Waals surface area contributed by atoms with Gasteiger partial charge in [0, 0.05) is 21.7 Å². The van der Waals surface area contributed by atoms with Crippen LogP contribution in [0.1, 0.15) is 16.9 Å². The molecule has 0 aliphatic rings. The largest absolute Gasteiger partial charge is 0.449 e. The first-order valence-electron chi connectivity index (χ1n) is 8.58. The smallest absolute Gasteiger partial charge is 0.266 e. The second-order valence-electron chi connectivity index (χ2n) is 6.34. The fourth-order valence-electron chi connectivity index (χ4n) is 2.66. The molecule has 7 heteroatoms. The van der Waals surface area contributed by atoms with Crippen molar-refractivity contribution < 1.29 is 9.21 Å². The Balaban J connectivity index is 1.79. The molecule has 0 saturated carbocycles. The summed E-state index contributed by atoms with van der Waals surface area (Å²) in [4.78, 5) is 13.5. The highest BCUT2D eigenvalue weighted by Crippen LogP contribution is 2.36. The Hall–Kier alpha value is -2.46. The predicted molar refractivity (Wildman–Crippen MR) is 120 cm³/mol. The normalized spacial score (nSPS) is 11.2. The minimum atomic E-state index is -0.489. The minimum Gasteiger partial charge on any atom is -0.449 e. The van der Waals surface area contributed by atoms with Crippen LogP contribution in [-0.4, -0.2) is 5.91 Å². The molecule has 0 fully saturated rings. The van der Waals surface area contributed by atoms with E-state index in [1.54, 1.807) is 18.2 Å². The lowest BCUT2D eigenvalue weighted by Gasteiger charge is -2.06. The summed E-state index contributed by atoms with van der Waals surface area (Å²) in [5.41, 5.74) is 2.66. The van der Waals surface area contributed by atoms with Crippen molar-refractivity contribution in [2.75, 3.05) is 5.32 Å². The molecule has 0 radical (unpaired) electrons. The standard InChI is InChI=1S/C22H16BrClN2O2S/c1-13-7-14(2)9-17(8-13)26-21(27)15(12-25)10-18-11-20(23)22(28-18)29-19-5-3-16(24)4-6-19/h3-11H,1-2H3,(H,26,27)/b15-10-. The zero-order chi connectivity index (χ0) is 21.0. The topological polar surface area (TPSA) is 66.0 Å². The minimum absolute atomic E-state index is 0.0477. The van der Waals surface area contributed by atoms with E-state index >= 15 is 0 Å². The zero-order valence-electron chi connectivity index (χ0n) is 15.6. The summed E-state index contributed by atoms with van der Waals surface area (Å²) in [6, 6.07) is 16.7. The Kier molecular flexibility index (Phi) is 6.86. The number of benzene rings is 2. The molecule has 2 aromatic carbocycles. The summed E-state index contributed by atoms with van der Waals surface area (Å²) in [7, 11) is 0. The number of nitrogens with zero attached hydrogens (tertiary/aromatic N) is 1. The van der Waals surface area contributed by atoms with Crippen LogP contribution in [0.15, 0.2) is 73.0 Å². The Morgan fingerprint density at radius 2 is 1.83 bits per heavy atom. The van der Waals surface area contributed by atoms with Crippen molar-refractivity contribution in [2.24, 2.45) is 0 Å². The third kappa shape index (κ3) is 5.77. The summed E-state index contributed by atoms with van der Waals surface area (Å²) >= 11 is 10.8. The van der Waals surface area contributed by atoms with Gasteiger partial charge in [0.25, 0.3) is 5.91 Å². The van der Waals surface area contributed by atoms with Crippen LogP contribution in [0.25, 0.3) is 6.08 Å². The second-order valence-corrected chi connectivity index (χ2v) is 8.68. The molecular formula is C22H16BrClN2O2S. The molecule has 29 heavy (non-hydrogen) atoms. The Morgan fingerprint density at radius 3 is 2.45 bits per heavy atom. The maximum absolute atomic E-state index is 12.5. The molecule has 0 spiro atoms. The maximum atomic E-state index is 12.5. The second kappa shape index (κ2) is 9.36. The van der Waals surface area contributed by atoms with Gasteiger partial charge in [-0.05, 0) is 83.4 Å². The first kappa shape index (κ1) is 21.3. The number of rotatable bonds is 5. The fraction of sp³-hybridized carbons (Fsp3) is 0.0909. The molecule has 0 unspecified atom stereocenters. The number of hydrogen-bond acceptors (Lipinski definition) is 4. The van der Waals surface area contributed by atoms with E-state index in [2.05, 4.69) is 21.2 Å². The number of furan rings is 1. The van der Waals surface area contributed by atoms with Gasteiger partial charge in [0.15, 0.2) is 5.09 Å². The van der Waals surface area contributed by atoms with E-state index in [0.29, 0.717) is 21.6 Å². The molecule has 3 rings (SSSR count). The maximum Gasteiger partial charge on any atom is 0.266 e. The van der Waals surface area contributed by atoms with Gasteiger partial charge in [0.2, 0.25) is 0 Å². The van der Waals surface area contributed by atoms with E-state index in [-0.39, 0.29) is 5.57 Å². The molecular weight excluding hydrogens is 472 g/mol. The number of hydrogen-bond donors (Lipinski definition) is 1. The first-order valence-corrected chi connectivity index (χ1v) is 10.6. The first-order chi connectivity index (χ1) is 13.8. The average Bonchev–Trinajstić information content (AvgIpc) is 2.99. The lowest BCUT2D eigenvalue weighted by Crippen LogP contribution is -2.13. The highest BCUT2D eigenvalue weighted by molar-refractivity contribution is 9.10. The molecule has 4 nitrogen and oxygen atoms in total. The quantitative estimate of drug-likeness (QED) is 0.310. The Bertz CT molecular complexity index is 1110. The molecule has 1 heterocycles. The number of halogens is 2. The Labute approximate surface area is 186 Å². The SMILES string of the molecule is Cc1cc(C)cc(NC(=O)/C(C#N)=C\c2cc(Br)c(Sc3ccc(Cl)cc3)o2)c1. The van der Waals surface area contributed by atoms with Gasteiger partial charge in [-0.15, -0.1) is 0 Å². The summed E-state index contributed by atoms with van der Waals surface area (Å²) in [6.45, 7) is 3.90. The van der Waals surface area contributed by atoms with Gasteiger partial charge in [-0.25, -0.2) is 0 Å². The van der Waals surface area contributed by atoms with Gasteiger partial charge < -0.3 is 9.73 Å². The van der Waals surface area contributed by atoms with Crippen LogP contribution >= 0.6 is 39.3 Å². The van der Waals surface area contributed by atoms with Gasteiger partial charge in [0.05, 0.1) is 4.47 Å². The highest BCUT2D eigenvalue weighted by atomic mass is 79.9. The lowest BCUT2D eigenvalue weighted by atomic mass is 10.1. The van der Waals surface area contributed by atoms with Gasteiger partial charge in [-0.2, -0.15) is 5.26 Å². The summed E-state index contributed by atoms with van der Waals surface area (Å²) < 4.78 is 6.53. The molecule has 1 amide bonds. The molecule has 1 aromatic heterocycles. The number of nitrogens with one attached hydrogen (secondary N) is 1. The Morgan fingerprint density at radius 1 is 1.17 bits per heavy atom. The summed E-state index contributed by atoms with van der Waals surface area (Å²) in [5.74, 6) is -0.0858. The van der Waals surface area contributed by atoms with Gasteiger partial charge >= 0.3 is 0 Å². The van der Waals surface area contributed by atoms with E-state index in [9.17, 15) is 10.1 Å². The van der Waals surface area contributed by atoms with Crippen molar-refractivity contribution in [3.05, 3.63) is 80.5 Å². The third-order valence-corrected chi connectivity index (χ3v) is 5.93. The van der Waals surface area contributed by atoms with Gasteiger partial charge in [0.1, 0.15) is 17.4 Å². The van der Waals surface area contributed by atoms with Crippen molar-refractivity contribution in [3.8, 4) is 6.07 Å². The van der Waals surface area contributed by atoms with Crippen LogP contribution in [0.3, 0.4) is 0 Å². The van der Waals surface area contributed by atoms with Gasteiger partial charge in [-0.1, -0.05) is 29.4 Å². The molecule has 0 atom stereocenters. The number of carbonyl (C=O) groups is 1. The average molecular weight is 488 g/mol. The molecule has 146 valence electrons. The molecule has 1 N–H and O–H groups in total. The highest BCUT2D eigenvalue weighted by Gasteiger charge is 2.14.